The third kappa shape index (κ3) is 1.59. The van der Waals surface area contributed by atoms with Crippen LogP contribution in [0.1, 0.15) is 5.76 Å². The molecule has 0 fully saturated rings. The highest BCUT2D eigenvalue weighted by Crippen LogP contribution is 2.19. The van der Waals surface area contributed by atoms with Gasteiger partial charge >= 0.3 is 0 Å². The van der Waals surface area contributed by atoms with Crippen molar-refractivity contribution in [3.63, 3.8) is 0 Å². The first-order valence-corrected chi connectivity index (χ1v) is 4.42. The summed E-state index contributed by atoms with van der Waals surface area (Å²) in [5.74, 6) is 0.667. The van der Waals surface area contributed by atoms with E-state index in [0.717, 1.165) is 11.0 Å². The molecule has 2 nitrogen and oxygen atoms in total. The Kier molecular flexibility index (Phi) is 2.19. The van der Waals surface area contributed by atoms with Gasteiger partial charge in [0.15, 0.2) is 5.78 Å². The first-order chi connectivity index (χ1) is 6.79. The number of allylic oxidation sites excluding steroid dienone is 1. The van der Waals surface area contributed by atoms with E-state index < -0.39 is 0 Å². The normalized spacial score (nSPS) is 10.3. The number of hydrogen-bond donors (Lipinski definition) is 0. The summed E-state index contributed by atoms with van der Waals surface area (Å²) in [7, 11) is 0. The number of carbonyl (C=O) groups excluding carboxylic acids is 1. The molecule has 0 spiro atoms. The highest BCUT2D eigenvalue weighted by molar-refractivity contribution is 5.91. The van der Waals surface area contributed by atoms with E-state index in [9.17, 15) is 4.79 Å². The first-order valence-electron chi connectivity index (χ1n) is 4.42. The second-order valence-corrected chi connectivity index (χ2v) is 3.10. The average molecular weight is 186 g/mol. The maximum absolute atomic E-state index is 11.1. The van der Waals surface area contributed by atoms with Crippen molar-refractivity contribution in [3.8, 4) is 0 Å². The minimum absolute atomic E-state index is 0.0240. The van der Waals surface area contributed by atoms with Gasteiger partial charge < -0.3 is 4.42 Å². The summed E-state index contributed by atoms with van der Waals surface area (Å²) in [5.41, 5.74) is 0.819. The van der Waals surface area contributed by atoms with Crippen LogP contribution in [0.15, 0.2) is 47.4 Å². The Morgan fingerprint density at radius 3 is 2.93 bits per heavy atom. The lowest BCUT2D eigenvalue weighted by Gasteiger charge is -1.88. The highest BCUT2D eigenvalue weighted by atomic mass is 16.3. The van der Waals surface area contributed by atoms with Crippen molar-refractivity contribution in [3.05, 3.63) is 48.7 Å². The smallest absolute Gasteiger partial charge is 0.162 e. The van der Waals surface area contributed by atoms with Crippen LogP contribution in [0.5, 0.6) is 0 Å². The molecule has 0 saturated carbocycles. The van der Waals surface area contributed by atoms with Gasteiger partial charge in [-0.3, -0.25) is 4.79 Å². The Balaban J connectivity index is 2.35. The summed E-state index contributed by atoms with van der Waals surface area (Å²) in [5, 5.41) is 1.03. The van der Waals surface area contributed by atoms with Gasteiger partial charge in [0.25, 0.3) is 0 Å². The van der Waals surface area contributed by atoms with Gasteiger partial charge in [0.05, 0.1) is 6.42 Å². The Morgan fingerprint density at radius 2 is 2.21 bits per heavy atom. The minimum atomic E-state index is -0.0240. The van der Waals surface area contributed by atoms with Crippen LogP contribution < -0.4 is 0 Å². The number of ketones is 1. The van der Waals surface area contributed by atoms with E-state index in [1.807, 2.05) is 30.3 Å². The van der Waals surface area contributed by atoms with Crippen LogP contribution in [0.4, 0.5) is 0 Å². The predicted molar refractivity (Wildman–Crippen MR) is 55.1 cm³/mol. The monoisotopic (exact) mass is 186 g/mol. The zero-order valence-electron chi connectivity index (χ0n) is 7.69. The lowest BCUT2D eigenvalue weighted by molar-refractivity contribution is -0.114. The lowest BCUT2D eigenvalue weighted by atomic mass is 10.2. The van der Waals surface area contributed by atoms with Crippen LogP contribution in [0.3, 0.4) is 0 Å². The Hall–Kier alpha value is -1.83. The molecule has 0 aliphatic carbocycles. The third-order valence-electron chi connectivity index (χ3n) is 2.05. The highest BCUT2D eigenvalue weighted by Gasteiger charge is 2.05. The molecule has 0 radical (unpaired) electrons. The zero-order chi connectivity index (χ0) is 9.97. The molecule has 1 aromatic heterocycles. The largest absolute Gasteiger partial charge is 0.461 e. The summed E-state index contributed by atoms with van der Waals surface area (Å²) < 4.78 is 5.47. The third-order valence-corrected chi connectivity index (χ3v) is 2.05. The molecule has 2 aromatic rings. The summed E-state index contributed by atoms with van der Waals surface area (Å²) >= 11 is 0. The standard InChI is InChI=1S/C12H10O2/c1-2-10(13)8-11-7-9-5-3-4-6-12(9)14-11/h2-7H,1,8H2. The molecule has 14 heavy (non-hydrogen) atoms. The van der Waals surface area contributed by atoms with Crippen LogP contribution in [-0.2, 0) is 11.2 Å². The minimum Gasteiger partial charge on any atom is -0.461 e. The van der Waals surface area contributed by atoms with Crippen molar-refractivity contribution in [2.24, 2.45) is 0 Å². The number of furan rings is 1. The molecule has 0 N–H and O–H groups in total. The fourth-order valence-electron chi connectivity index (χ4n) is 1.37. The number of fused-ring (bicyclic) bond motifs is 1. The van der Waals surface area contributed by atoms with Crippen molar-refractivity contribution in [2.75, 3.05) is 0 Å². The van der Waals surface area contributed by atoms with Crippen LogP contribution in [0, 0.1) is 0 Å². The average Bonchev–Trinajstić information content (AvgIpc) is 2.59. The van der Waals surface area contributed by atoms with Gasteiger partial charge in [-0.1, -0.05) is 24.8 Å². The molecule has 2 rings (SSSR count). The molecule has 0 aliphatic heterocycles. The molecule has 0 saturated heterocycles. The molecule has 2 heteroatoms. The fourth-order valence-corrected chi connectivity index (χ4v) is 1.37. The summed E-state index contributed by atoms with van der Waals surface area (Å²) in [6, 6.07) is 9.58. The maximum atomic E-state index is 11.1. The molecule has 70 valence electrons. The van der Waals surface area contributed by atoms with Gasteiger partial charge in [0, 0.05) is 5.39 Å². The van der Waals surface area contributed by atoms with Crippen LogP contribution in [0.2, 0.25) is 0 Å². The number of carbonyl (C=O) groups is 1. The van der Waals surface area contributed by atoms with Crippen LogP contribution >= 0.6 is 0 Å². The van der Waals surface area contributed by atoms with E-state index in [0.29, 0.717) is 5.76 Å². The number of para-hydroxylation sites is 1. The molecule has 0 atom stereocenters. The topological polar surface area (TPSA) is 30.2 Å². The first kappa shape index (κ1) is 8.75. The number of rotatable bonds is 3. The van der Waals surface area contributed by atoms with Crippen molar-refractivity contribution < 1.29 is 9.21 Å². The van der Waals surface area contributed by atoms with Crippen molar-refractivity contribution >= 4 is 16.8 Å². The second kappa shape index (κ2) is 3.50. The second-order valence-electron chi connectivity index (χ2n) is 3.10. The van der Waals surface area contributed by atoms with Crippen molar-refractivity contribution in [1.29, 1.82) is 0 Å². The Morgan fingerprint density at radius 1 is 1.43 bits per heavy atom. The van der Waals surface area contributed by atoms with Crippen LogP contribution in [0.25, 0.3) is 11.0 Å². The molecule has 0 unspecified atom stereocenters. The van der Waals surface area contributed by atoms with E-state index in [1.165, 1.54) is 6.08 Å². The molecular formula is C12H10O2. The van der Waals surface area contributed by atoms with E-state index >= 15 is 0 Å². The number of hydrogen-bond acceptors (Lipinski definition) is 2. The lowest BCUT2D eigenvalue weighted by Crippen LogP contribution is -1.95. The van der Waals surface area contributed by atoms with Gasteiger partial charge in [-0.05, 0) is 18.2 Å². The van der Waals surface area contributed by atoms with Crippen molar-refractivity contribution in [1.82, 2.24) is 0 Å². The number of benzene rings is 1. The van der Waals surface area contributed by atoms with Gasteiger partial charge in [-0.15, -0.1) is 0 Å². The quantitative estimate of drug-likeness (QED) is 0.690. The van der Waals surface area contributed by atoms with E-state index in [-0.39, 0.29) is 12.2 Å². The van der Waals surface area contributed by atoms with Gasteiger partial charge in [-0.2, -0.15) is 0 Å². The molecule has 1 aromatic carbocycles. The van der Waals surface area contributed by atoms with Gasteiger partial charge in [0.2, 0.25) is 0 Å². The summed E-state index contributed by atoms with van der Waals surface area (Å²) in [4.78, 5) is 11.1. The Bertz CT molecular complexity index is 447. The fraction of sp³-hybridized carbons (Fsp3) is 0.0833. The van der Waals surface area contributed by atoms with Crippen LogP contribution in [-0.4, -0.2) is 5.78 Å². The molecule has 0 amide bonds. The van der Waals surface area contributed by atoms with E-state index in [4.69, 9.17) is 4.42 Å². The predicted octanol–water partition coefficient (Wildman–Crippen LogP) is 2.73. The molecule has 0 aliphatic rings. The Labute approximate surface area is 81.8 Å². The van der Waals surface area contributed by atoms with Crippen molar-refractivity contribution in [2.45, 2.75) is 6.42 Å². The van der Waals surface area contributed by atoms with E-state index in [1.54, 1.807) is 0 Å². The molecular weight excluding hydrogens is 176 g/mol. The molecule has 0 bridgehead atoms. The van der Waals surface area contributed by atoms with Gasteiger partial charge in [-0.25, -0.2) is 0 Å². The van der Waals surface area contributed by atoms with E-state index in [2.05, 4.69) is 6.58 Å². The maximum Gasteiger partial charge on any atom is 0.162 e. The van der Waals surface area contributed by atoms with Gasteiger partial charge in [0.1, 0.15) is 11.3 Å². The molecule has 1 heterocycles. The summed E-state index contributed by atoms with van der Waals surface area (Å²) in [6.45, 7) is 3.42. The SMILES string of the molecule is C=CC(=O)Cc1cc2ccccc2o1. The summed E-state index contributed by atoms with van der Waals surface area (Å²) in [6.07, 6.45) is 1.60. The zero-order valence-corrected chi connectivity index (χ0v) is 7.69.